The minimum atomic E-state index is -3.53. The van der Waals surface area contributed by atoms with Crippen LogP contribution >= 0.6 is 11.8 Å². The number of thioether (sulfide) groups is 1. The lowest BCUT2D eigenvalue weighted by Crippen LogP contribution is -2.35. The van der Waals surface area contributed by atoms with Gasteiger partial charge in [0.25, 0.3) is 5.91 Å². The molecule has 2 heterocycles. The fourth-order valence-electron chi connectivity index (χ4n) is 2.98. The third-order valence-corrected chi connectivity index (χ3v) is 7.44. The first-order valence-electron chi connectivity index (χ1n) is 9.47. The third-order valence-electron chi connectivity index (χ3n) is 4.62. The van der Waals surface area contributed by atoms with E-state index in [4.69, 9.17) is 4.74 Å². The summed E-state index contributed by atoms with van der Waals surface area (Å²) in [5, 5.41) is 2.81. The summed E-state index contributed by atoms with van der Waals surface area (Å²) >= 11 is 1.12. The van der Waals surface area contributed by atoms with Gasteiger partial charge >= 0.3 is 0 Å². The molecule has 1 aliphatic rings. The Balaban J connectivity index is 1.52. The zero-order chi connectivity index (χ0) is 21.6. The maximum Gasteiger partial charge on any atom is 0.257 e. The minimum Gasteiger partial charge on any atom is -0.497 e. The first kappa shape index (κ1) is 22.3. The number of aromatic nitrogens is 1. The molecule has 0 radical (unpaired) electrons. The summed E-state index contributed by atoms with van der Waals surface area (Å²) in [4.78, 5) is 28.4. The molecule has 30 heavy (non-hydrogen) atoms. The largest absolute Gasteiger partial charge is 0.497 e. The van der Waals surface area contributed by atoms with Crippen molar-refractivity contribution in [2.24, 2.45) is 0 Å². The standard InChI is InChI=1S/C20H23N3O5S2/c1-28-16-7-5-15(6-8-16)20(25)22-18(24)14-29-19-10-9-17(13-21-19)30(26,27)23-11-3-2-4-12-23/h5-10,13H,2-4,11-12,14H2,1H3,(H,22,24,25). The zero-order valence-corrected chi connectivity index (χ0v) is 18.2. The molecule has 3 rings (SSSR count). The lowest BCUT2D eigenvalue weighted by molar-refractivity contribution is -0.117. The summed E-state index contributed by atoms with van der Waals surface area (Å²) in [6.45, 7) is 1.06. The van der Waals surface area contributed by atoms with Gasteiger partial charge < -0.3 is 4.74 Å². The second kappa shape index (κ2) is 10.1. The highest BCUT2D eigenvalue weighted by Crippen LogP contribution is 2.22. The predicted molar refractivity (Wildman–Crippen MR) is 113 cm³/mol. The Morgan fingerprint density at radius 2 is 1.80 bits per heavy atom. The number of amides is 2. The monoisotopic (exact) mass is 449 g/mol. The van der Waals surface area contributed by atoms with Crippen LogP contribution in [0.2, 0.25) is 0 Å². The van der Waals surface area contributed by atoms with E-state index in [0.717, 1.165) is 31.0 Å². The van der Waals surface area contributed by atoms with E-state index in [2.05, 4.69) is 10.3 Å². The van der Waals surface area contributed by atoms with Crippen LogP contribution in [0, 0.1) is 0 Å². The van der Waals surface area contributed by atoms with Crippen LogP contribution in [-0.2, 0) is 14.8 Å². The molecule has 160 valence electrons. The van der Waals surface area contributed by atoms with E-state index in [1.807, 2.05) is 0 Å². The molecule has 0 aliphatic carbocycles. The molecule has 1 N–H and O–H groups in total. The topological polar surface area (TPSA) is 106 Å². The van der Waals surface area contributed by atoms with Crippen LogP contribution in [0.25, 0.3) is 0 Å². The van der Waals surface area contributed by atoms with Crippen molar-refractivity contribution in [3.63, 3.8) is 0 Å². The highest BCUT2D eigenvalue weighted by Gasteiger charge is 2.26. The number of rotatable bonds is 7. The lowest BCUT2D eigenvalue weighted by Gasteiger charge is -2.25. The van der Waals surface area contributed by atoms with Gasteiger partial charge in [0.15, 0.2) is 0 Å². The molecule has 1 aromatic carbocycles. The second-order valence-corrected chi connectivity index (χ2v) is 9.62. The van der Waals surface area contributed by atoms with Gasteiger partial charge in [-0.25, -0.2) is 13.4 Å². The van der Waals surface area contributed by atoms with E-state index in [0.29, 0.717) is 29.4 Å². The van der Waals surface area contributed by atoms with Crippen molar-refractivity contribution >= 4 is 33.6 Å². The molecule has 1 fully saturated rings. The fourth-order valence-corrected chi connectivity index (χ4v) is 5.08. The Morgan fingerprint density at radius 1 is 1.10 bits per heavy atom. The first-order valence-corrected chi connectivity index (χ1v) is 11.9. The van der Waals surface area contributed by atoms with Crippen LogP contribution in [0.15, 0.2) is 52.5 Å². The molecule has 0 unspecified atom stereocenters. The van der Waals surface area contributed by atoms with Crippen molar-refractivity contribution in [2.75, 3.05) is 26.0 Å². The minimum absolute atomic E-state index is 0.0207. The molecule has 0 atom stereocenters. The van der Waals surface area contributed by atoms with Gasteiger partial charge in [0.1, 0.15) is 10.6 Å². The highest BCUT2D eigenvalue weighted by molar-refractivity contribution is 7.99. The average molecular weight is 450 g/mol. The number of ether oxygens (including phenoxy) is 1. The molecule has 1 saturated heterocycles. The van der Waals surface area contributed by atoms with Gasteiger partial charge in [-0.15, -0.1) is 0 Å². The number of piperidine rings is 1. The number of carbonyl (C=O) groups excluding carboxylic acids is 2. The Hall–Kier alpha value is -2.43. The average Bonchev–Trinajstić information content (AvgIpc) is 2.78. The number of benzene rings is 1. The van der Waals surface area contributed by atoms with Crippen molar-refractivity contribution in [1.82, 2.24) is 14.6 Å². The van der Waals surface area contributed by atoms with Crippen LogP contribution in [0.5, 0.6) is 5.75 Å². The summed E-state index contributed by atoms with van der Waals surface area (Å²) < 4.78 is 31.8. The van der Waals surface area contributed by atoms with Crippen molar-refractivity contribution in [2.45, 2.75) is 29.2 Å². The smallest absolute Gasteiger partial charge is 0.257 e. The van der Waals surface area contributed by atoms with E-state index in [1.165, 1.54) is 23.7 Å². The number of pyridine rings is 1. The maximum atomic E-state index is 12.6. The maximum absolute atomic E-state index is 12.6. The van der Waals surface area contributed by atoms with E-state index in [-0.39, 0.29) is 10.6 Å². The van der Waals surface area contributed by atoms with Gasteiger partial charge in [0.2, 0.25) is 15.9 Å². The van der Waals surface area contributed by atoms with Gasteiger partial charge in [0.05, 0.1) is 17.9 Å². The van der Waals surface area contributed by atoms with Crippen LogP contribution in [0.3, 0.4) is 0 Å². The van der Waals surface area contributed by atoms with Crippen molar-refractivity contribution in [1.29, 1.82) is 0 Å². The summed E-state index contributed by atoms with van der Waals surface area (Å²) in [6, 6.07) is 9.48. The fraction of sp³-hybridized carbons (Fsp3) is 0.350. The van der Waals surface area contributed by atoms with E-state index < -0.39 is 21.8 Å². The molecular weight excluding hydrogens is 426 g/mol. The number of hydrogen-bond acceptors (Lipinski definition) is 7. The molecule has 0 saturated carbocycles. The van der Waals surface area contributed by atoms with Gasteiger partial charge in [-0.05, 0) is 49.2 Å². The lowest BCUT2D eigenvalue weighted by atomic mass is 10.2. The van der Waals surface area contributed by atoms with Crippen molar-refractivity contribution in [3.8, 4) is 5.75 Å². The summed E-state index contributed by atoms with van der Waals surface area (Å²) in [5.74, 6) is -0.371. The summed E-state index contributed by atoms with van der Waals surface area (Å²) in [6.07, 6.45) is 4.09. The second-order valence-electron chi connectivity index (χ2n) is 6.69. The quantitative estimate of drug-likeness (QED) is 0.647. The summed E-state index contributed by atoms with van der Waals surface area (Å²) in [7, 11) is -2.01. The Morgan fingerprint density at radius 3 is 2.40 bits per heavy atom. The van der Waals surface area contributed by atoms with Gasteiger partial charge in [-0.3, -0.25) is 14.9 Å². The molecule has 1 aromatic heterocycles. The number of methoxy groups -OCH3 is 1. The van der Waals surface area contributed by atoms with Crippen LogP contribution in [0.1, 0.15) is 29.6 Å². The first-order chi connectivity index (χ1) is 14.4. The molecule has 0 spiro atoms. The molecule has 0 bridgehead atoms. The van der Waals surface area contributed by atoms with E-state index >= 15 is 0 Å². The van der Waals surface area contributed by atoms with Crippen molar-refractivity contribution < 1.29 is 22.7 Å². The highest BCUT2D eigenvalue weighted by atomic mass is 32.2. The number of nitrogens with one attached hydrogen (secondary N) is 1. The Bertz CT molecular complexity index is 986. The number of imide groups is 1. The van der Waals surface area contributed by atoms with Gasteiger partial charge in [0, 0.05) is 24.8 Å². The van der Waals surface area contributed by atoms with Crippen molar-refractivity contribution in [3.05, 3.63) is 48.2 Å². The molecular formula is C20H23N3O5S2. The molecule has 2 aromatic rings. The molecule has 10 heteroatoms. The number of sulfonamides is 1. The van der Waals surface area contributed by atoms with Crippen LogP contribution in [-0.4, -0.2) is 55.5 Å². The predicted octanol–water partition coefficient (Wildman–Crippen LogP) is 2.31. The number of carbonyl (C=O) groups is 2. The third kappa shape index (κ3) is 5.59. The van der Waals surface area contributed by atoms with E-state index in [9.17, 15) is 18.0 Å². The van der Waals surface area contributed by atoms with Gasteiger partial charge in [-0.2, -0.15) is 4.31 Å². The zero-order valence-electron chi connectivity index (χ0n) is 16.5. The van der Waals surface area contributed by atoms with Crippen LogP contribution < -0.4 is 10.1 Å². The normalized spacial score (nSPS) is 14.8. The number of hydrogen-bond donors (Lipinski definition) is 1. The Labute approximate surface area is 180 Å². The summed E-state index contributed by atoms with van der Waals surface area (Å²) in [5.41, 5.74) is 0.347. The Kier molecular flexibility index (Phi) is 7.46. The van der Waals surface area contributed by atoms with Crippen LogP contribution in [0.4, 0.5) is 0 Å². The SMILES string of the molecule is COc1ccc(C(=O)NC(=O)CSc2ccc(S(=O)(=O)N3CCCCC3)cn2)cc1. The van der Waals surface area contributed by atoms with Gasteiger partial charge in [-0.1, -0.05) is 18.2 Å². The molecule has 8 nitrogen and oxygen atoms in total. The number of nitrogens with zero attached hydrogens (tertiary/aromatic N) is 2. The molecule has 2 amide bonds. The molecule has 1 aliphatic heterocycles. The van der Waals surface area contributed by atoms with E-state index in [1.54, 1.807) is 30.3 Å².